The van der Waals surface area contributed by atoms with E-state index in [4.69, 9.17) is 4.74 Å². The molecule has 2 amide bonds. The number of carbonyl (C=O) groups is 2. The van der Waals surface area contributed by atoms with Crippen LogP contribution < -0.4 is 5.32 Å². The van der Waals surface area contributed by atoms with Crippen LogP contribution >= 0.6 is 0 Å². The van der Waals surface area contributed by atoms with E-state index in [2.05, 4.69) is 5.32 Å². The Hall–Kier alpha value is -1.88. The SMILES string of the molecule is CC(=O)N[C@H](CC(=O)N1C[C@@H](C)O[C@@H](C)C1)c1ccc(C)cc1. The minimum atomic E-state index is -0.297. The minimum absolute atomic E-state index is 0.0429. The summed E-state index contributed by atoms with van der Waals surface area (Å²) in [4.78, 5) is 26.0. The van der Waals surface area contributed by atoms with Gasteiger partial charge in [-0.25, -0.2) is 0 Å². The normalized spacial score (nSPS) is 22.5. The van der Waals surface area contributed by atoms with Crippen LogP contribution in [0.5, 0.6) is 0 Å². The molecule has 126 valence electrons. The van der Waals surface area contributed by atoms with Crippen molar-refractivity contribution in [1.82, 2.24) is 10.2 Å². The minimum Gasteiger partial charge on any atom is -0.372 e. The van der Waals surface area contributed by atoms with Gasteiger partial charge in [-0.05, 0) is 26.3 Å². The molecular formula is C18H26N2O3. The van der Waals surface area contributed by atoms with E-state index in [1.165, 1.54) is 6.92 Å². The summed E-state index contributed by atoms with van der Waals surface area (Å²) < 4.78 is 5.67. The zero-order chi connectivity index (χ0) is 17.0. The van der Waals surface area contributed by atoms with E-state index < -0.39 is 0 Å². The van der Waals surface area contributed by atoms with Gasteiger partial charge in [-0.1, -0.05) is 29.8 Å². The number of rotatable bonds is 4. The number of ether oxygens (including phenoxy) is 1. The average molecular weight is 318 g/mol. The van der Waals surface area contributed by atoms with Crippen molar-refractivity contribution in [2.45, 2.75) is 52.4 Å². The van der Waals surface area contributed by atoms with Crippen molar-refractivity contribution in [3.63, 3.8) is 0 Å². The smallest absolute Gasteiger partial charge is 0.225 e. The fourth-order valence-electron chi connectivity index (χ4n) is 2.98. The monoisotopic (exact) mass is 318 g/mol. The molecule has 1 heterocycles. The van der Waals surface area contributed by atoms with Crippen molar-refractivity contribution >= 4 is 11.8 Å². The van der Waals surface area contributed by atoms with Crippen molar-refractivity contribution in [2.75, 3.05) is 13.1 Å². The fourth-order valence-corrected chi connectivity index (χ4v) is 2.98. The highest BCUT2D eigenvalue weighted by atomic mass is 16.5. The van der Waals surface area contributed by atoms with Crippen LogP contribution in [-0.2, 0) is 14.3 Å². The molecule has 23 heavy (non-hydrogen) atoms. The fraction of sp³-hybridized carbons (Fsp3) is 0.556. The number of hydrogen-bond acceptors (Lipinski definition) is 3. The predicted octanol–water partition coefficient (Wildman–Crippen LogP) is 2.20. The number of amides is 2. The third-order valence-corrected chi connectivity index (χ3v) is 4.01. The molecule has 1 fully saturated rings. The van der Waals surface area contributed by atoms with E-state index in [0.717, 1.165) is 11.1 Å². The molecule has 0 unspecified atom stereocenters. The molecule has 2 rings (SSSR count). The lowest BCUT2D eigenvalue weighted by Gasteiger charge is -2.36. The van der Waals surface area contributed by atoms with Gasteiger partial charge in [-0.3, -0.25) is 9.59 Å². The van der Waals surface area contributed by atoms with E-state index in [1.54, 1.807) is 0 Å². The van der Waals surface area contributed by atoms with Gasteiger partial charge in [0.1, 0.15) is 0 Å². The molecule has 0 aromatic heterocycles. The van der Waals surface area contributed by atoms with E-state index >= 15 is 0 Å². The molecule has 0 spiro atoms. The molecule has 1 aromatic carbocycles. The molecule has 1 aromatic rings. The zero-order valence-corrected chi connectivity index (χ0v) is 14.3. The summed E-state index contributed by atoms with van der Waals surface area (Å²) in [6, 6.07) is 7.62. The van der Waals surface area contributed by atoms with E-state index in [0.29, 0.717) is 13.1 Å². The van der Waals surface area contributed by atoms with Gasteiger partial charge >= 0.3 is 0 Å². The number of aryl methyl sites for hydroxylation is 1. The Kier molecular flexibility index (Phi) is 5.77. The van der Waals surface area contributed by atoms with Gasteiger partial charge < -0.3 is 15.0 Å². The second kappa shape index (κ2) is 7.59. The van der Waals surface area contributed by atoms with Crippen LogP contribution in [0.3, 0.4) is 0 Å². The third kappa shape index (κ3) is 5.06. The summed E-state index contributed by atoms with van der Waals surface area (Å²) in [6.07, 6.45) is 0.352. The topological polar surface area (TPSA) is 58.6 Å². The Morgan fingerprint density at radius 3 is 2.30 bits per heavy atom. The molecular weight excluding hydrogens is 292 g/mol. The molecule has 5 heteroatoms. The molecule has 5 nitrogen and oxygen atoms in total. The standard InChI is InChI=1S/C18H26N2O3/c1-12-5-7-16(8-6-12)17(19-15(4)21)9-18(22)20-10-13(2)23-14(3)11-20/h5-8,13-14,17H,9-11H2,1-4H3,(H,19,21)/t13-,14+,17-/m1/s1. The maximum absolute atomic E-state index is 12.6. The summed E-state index contributed by atoms with van der Waals surface area (Å²) in [5, 5.41) is 2.89. The van der Waals surface area contributed by atoms with E-state index in [-0.39, 0.29) is 36.5 Å². The van der Waals surface area contributed by atoms with Gasteiger partial charge in [0, 0.05) is 20.0 Å². The number of carbonyl (C=O) groups excluding carboxylic acids is 2. The maximum atomic E-state index is 12.6. The maximum Gasteiger partial charge on any atom is 0.225 e. The average Bonchev–Trinajstić information content (AvgIpc) is 2.45. The molecule has 0 bridgehead atoms. The van der Waals surface area contributed by atoms with Gasteiger partial charge in [0.05, 0.1) is 24.7 Å². The quantitative estimate of drug-likeness (QED) is 0.926. The molecule has 0 aliphatic carbocycles. The van der Waals surface area contributed by atoms with Crippen molar-refractivity contribution in [1.29, 1.82) is 0 Å². The van der Waals surface area contributed by atoms with Crippen LogP contribution in [0.2, 0.25) is 0 Å². The Morgan fingerprint density at radius 2 is 1.78 bits per heavy atom. The van der Waals surface area contributed by atoms with Crippen molar-refractivity contribution in [2.24, 2.45) is 0 Å². The Morgan fingerprint density at radius 1 is 1.22 bits per heavy atom. The van der Waals surface area contributed by atoms with Crippen LogP contribution in [0.15, 0.2) is 24.3 Å². The van der Waals surface area contributed by atoms with Crippen molar-refractivity contribution in [3.8, 4) is 0 Å². The number of nitrogens with one attached hydrogen (secondary N) is 1. The summed E-state index contributed by atoms with van der Waals surface area (Å²) in [5.74, 6) is -0.0848. The molecule has 1 aliphatic heterocycles. The van der Waals surface area contributed by atoms with Crippen LogP contribution in [0, 0.1) is 6.92 Å². The van der Waals surface area contributed by atoms with Crippen molar-refractivity contribution < 1.29 is 14.3 Å². The molecule has 1 saturated heterocycles. The Bertz CT molecular complexity index is 546. The predicted molar refractivity (Wildman–Crippen MR) is 88.9 cm³/mol. The molecule has 1 N–H and O–H groups in total. The van der Waals surface area contributed by atoms with Gasteiger partial charge in [0.15, 0.2) is 0 Å². The second-order valence-corrected chi connectivity index (χ2v) is 6.42. The largest absolute Gasteiger partial charge is 0.372 e. The first-order chi connectivity index (χ1) is 10.8. The summed E-state index contributed by atoms with van der Waals surface area (Å²) in [7, 11) is 0. The first-order valence-electron chi connectivity index (χ1n) is 8.12. The zero-order valence-electron chi connectivity index (χ0n) is 14.3. The lowest BCUT2D eigenvalue weighted by molar-refractivity contribution is -0.143. The van der Waals surface area contributed by atoms with Gasteiger partial charge in [-0.15, -0.1) is 0 Å². The Labute approximate surface area is 138 Å². The van der Waals surface area contributed by atoms with Gasteiger partial charge in [-0.2, -0.15) is 0 Å². The Balaban J connectivity index is 2.09. The van der Waals surface area contributed by atoms with Gasteiger partial charge in [0.2, 0.25) is 11.8 Å². The van der Waals surface area contributed by atoms with Crippen LogP contribution in [-0.4, -0.2) is 42.0 Å². The van der Waals surface area contributed by atoms with Crippen LogP contribution in [0.25, 0.3) is 0 Å². The second-order valence-electron chi connectivity index (χ2n) is 6.42. The van der Waals surface area contributed by atoms with Crippen LogP contribution in [0.1, 0.15) is 44.4 Å². The molecule has 1 aliphatic rings. The van der Waals surface area contributed by atoms with E-state index in [9.17, 15) is 9.59 Å². The first kappa shape index (κ1) is 17.5. The highest BCUT2D eigenvalue weighted by molar-refractivity contribution is 5.79. The third-order valence-electron chi connectivity index (χ3n) is 4.01. The first-order valence-corrected chi connectivity index (χ1v) is 8.12. The number of benzene rings is 1. The summed E-state index contributed by atoms with van der Waals surface area (Å²) in [6.45, 7) is 8.64. The number of hydrogen-bond donors (Lipinski definition) is 1. The lowest BCUT2D eigenvalue weighted by atomic mass is 10.0. The lowest BCUT2D eigenvalue weighted by Crippen LogP contribution is -2.49. The van der Waals surface area contributed by atoms with E-state index in [1.807, 2.05) is 49.9 Å². The van der Waals surface area contributed by atoms with Crippen LogP contribution in [0.4, 0.5) is 0 Å². The molecule has 0 saturated carbocycles. The summed E-state index contributed by atoms with van der Waals surface area (Å²) in [5.41, 5.74) is 2.10. The highest BCUT2D eigenvalue weighted by Crippen LogP contribution is 2.20. The summed E-state index contributed by atoms with van der Waals surface area (Å²) >= 11 is 0. The van der Waals surface area contributed by atoms with Gasteiger partial charge in [0.25, 0.3) is 0 Å². The molecule has 0 radical (unpaired) electrons. The molecule has 3 atom stereocenters. The number of nitrogens with zero attached hydrogens (tertiary/aromatic N) is 1. The number of morpholine rings is 1. The highest BCUT2D eigenvalue weighted by Gasteiger charge is 2.28. The van der Waals surface area contributed by atoms with Crippen molar-refractivity contribution in [3.05, 3.63) is 35.4 Å².